The number of nitrogens with zero attached hydrogens (tertiary/aromatic N) is 1. The minimum absolute atomic E-state index is 0.217. The third-order valence-electron chi connectivity index (χ3n) is 1.42. The van der Waals surface area contributed by atoms with Crippen LogP contribution in [0.1, 0.15) is 16.9 Å². The third kappa shape index (κ3) is 3.96. The fraction of sp³-hybridized carbons (Fsp3) is 0.250. The normalized spacial score (nSPS) is 10.0. The first-order chi connectivity index (χ1) is 7.11. The highest BCUT2D eigenvalue weighted by Crippen LogP contribution is 2.27. The molecule has 0 atom stereocenters. The maximum Gasteiger partial charge on any atom is 0.269 e. The van der Waals surface area contributed by atoms with Crippen LogP contribution in [0.2, 0.25) is 0 Å². The van der Waals surface area contributed by atoms with Gasteiger partial charge in [0, 0.05) is 5.75 Å². The fourth-order valence-corrected chi connectivity index (χ4v) is 2.70. The molecule has 3 nitrogen and oxygen atoms in total. The van der Waals surface area contributed by atoms with Crippen LogP contribution in [0, 0.1) is 0 Å². The Labute approximate surface area is 93.4 Å². The van der Waals surface area contributed by atoms with Gasteiger partial charge < -0.3 is 5.73 Å². The molecule has 0 fully saturated rings. The van der Waals surface area contributed by atoms with E-state index in [9.17, 15) is 13.6 Å². The number of carbonyl (C=O) groups excluding carboxylic acids is 1. The number of hydrogen-bond donors (Lipinski definition) is 1. The van der Waals surface area contributed by atoms with Crippen molar-refractivity contribution in [3.05, 3.63) is 23.4 Å². The molecule has 1 heterocycles. The smallest absolute Gasteiger partial charge is 0.269 e. The fourth-order valence-electron chi connectivity index (χ4n) is 0.822. The van der Waals surface area contributed by atoms with Gasteiger partial charge in [-0.25, -0.2) is 4.98 Å². The summed E-state index contributed by atoms with van der Waals surface area (Å²) >= 11 is 2.58. The molecule has 2 N–H and O–H groups in total. The Balaban J connectivity index is 2.47. The summed E-state index contributed by atoms with van der Waals surface area (Å²) in [5.41, 5.74) is 6.80. The van der Waals surface area contributed by atoms with Crippen LogP contribution in [-0.2, 0) is 0 Å². The van der Waals surface area contributed by atoms with Crippen molar-refractivity contribution in [1.29, 1.82) is 0 Å². The van der Waals surface area contributed by atoms with E-state index in [1.807, 2.05) is 0 Å². The maximum atomic E-state index is 11.7. The summed E-state index contributed by atoms with van der Waals surface area (Å²) < 4.78 is 24.0. The van der Waals surface area contributed by atoms with Crippen LogP contribution < -0.4 is 5.73 Å². The van der Waals surface area contributed by atoms with Gasteiger partial charge in [0.05, 0.1) is 9.72 Å². The van der Waals surface area contributed by atoms with Crippen LogP contribution in [0.3, 0.4) is 0 Å². The SMILES string of the molecule is NC(=O)c1ncsc1SCCC=C(F)F. The number of rotatable bonds is 5. The second-order valence-corrected chi connectivity index (χ2v) is 4.70. The van der Waals surface area contributed by atoms with Gasteiger partial charge in [0.15, 0.2) is 5.69 Å². The molecule has 0 radical (unpaired) electrons. The first kappa shape index (κ1) is 12.1. The topological polar surface area (TPSA) is 56.0 Å². The maximum absolute atomic E-state index is 11.7. The Kier molecular flexibility index (Phi) is 4.70. The zero-order chi connectivity index (χ0) is 11.3. The van der Waals surface area contributed by atoms with Crippen LogP contribution in [0.15, 0.2) is 21.9 Å². The molecule has 1 aromatic rings. The van der Waals surface area contributed by atoms with Gasteiger partial charge in [-0.3, -0.25) is 4.79 Å². The van der Waals surface area contributed by atoms with E-state index < -0.39 is 12.0 Å². The first-order valence-corrected chi connectivity index (χ1v) is 5.85. The highest BCUT2D eigenvalue weighted by molar-refractivity contribution is 8.01. The molecular formula is C8H8F2N2OS2. The monoisotopic (exact) mass is 250 g/mol. The van der Waals surface area contributed by atoms with Gasteiger partial charge in [0.2, 0.25) is 0 Å². The van der Waals surface area contributed by atoms with E-state index in [1.54, 1.807) is 0 Å². The Morgan fingerprint density at radius 3 is 3.00 bits per heavy atom. The quantitative estimate of drug-likeness (QED) is 0.645. The molecule has 0 saturated carbocycles. The van der Waals surface area contributed by atoms with Gasteiger partial charge in [-0.05, 0) is 12.5 Å². The van der Waals surface area contributed by atoms with Crippen molar-refractivity contribution in [1.82, 2.24) is 4.98 Å². The van der Waals surface area contributed by atoms with Crippen molar-refractivity contribution in [3.8, 4) is 0 Å². The summed E-state index contributed by atoms with van der Waals surface area (Å²) in [5.74, 6) is -0.120. The minimum Gasteiger partial charge on any atom is -0.364 e. The molecule has 0 bridgehead atoms. The lowest BCUT2D eigenvalue weighted by atomic mass is 10.5. The van der Waals surface area contributed by atoms with Crippen molar-refractivity contribution in [3.63, 3.8) is 0 Å². The second-order valence-electron chi connectivity index (χ2n) is 2.48. The number of carbonyl (C=O) groups is 1. The third-order valence-corrected chi connectivity index (χ3v) is 3.57. The molecule has 7 heteroatoms. The first-order valence-electron chi connectivity index (χ1n) is 3.98. The number of amides is 1. The summed E-state index contributed by atoms with van der Waals surface area (Å²) in [4.78, 5) is 14.6. The average molecular weight is 250 g/mol. The number of primary amides is 1. The molecular weight excluding hydrogens is 242 g/mol. The number of allylic oxidation sites excluding steroid dienone is 1. The van der Waals surface area contributed by atoms with E-state index >= 15 is 0 Å². The average Bonchev–Trinajstić information content (AvgIpc) is 2.60. The lowest BCUT2D eigenvalue weighted by Gasteiger charge is -1.96. The number of aromatic nitrogens is 1. The zero-order valence-electron chi connectivity index (χ0n) is 7.57. The lowest BCUT2D eigenvalue weighted by Crippen LogP contribution is -2.12. The van der Waals surface area contributed by atoms with Gasteiger partial charge in [-0.1, -0.05) is 0 Å². The van der Waals surface area contributed by atoms with Crippen LogP contribution in [0.5, 0.6) is 0 Å². The van der Waals surface area contributed by atoms with E-state index in [-0.39, 0.29) is 12.1 Å². The molecule has 82 valence electrons. The number of halogens is 2. The largest absolute Gasteiger partial charge is 0.364 e. The number of thiazole rings is 1. The van der Waals surface area contributed by atoms with E-state index in [2.05, 4.69) is 4.98 Å². The van der Waals surface area contributed by atoms with Crippen molar-refractivity contribution >= 4 is 29.0 Å². The van der Waals surface area contributed by atoms with Crippen LogP contribution >= 0.6 is 23.1 Å². The van der Waals surface area contributed by atoms with Crippen molar-refractivity contribution in [2.75, 3.05) is 5.75 Å². The molecule has 1 aromatic heterocycles. The molecule has 0 unspecified atom stereocenters. The number of hydrogen-bond acceptors (Lipinski definition) is 4. The molecule has 1 amide bonds. The van der Waals surface area contributed by atoms with E-state index in [1.165, 1.54) is 28.6 Å². The molecule has 0 aromatic carbocycles. The summed E-state index contributed by atoms with van der Waals surface area (Å²) in [6.07, 6.45) is -0.587. The summed E-state index contributed by atoms with van der Waals surface area (Å²) in [6, 6.07) is 0. The summed E-state index contributed by atoms with van der Waals surface area (Å²) in [6.45, 7) is 0. The van der Waals surface area contributed by atoms with E-state index in [0.717, 1.165) is 6.08 Å². The molecule has 0 aliphatic carbocycles. The molecule has 0 saturated heterocycles. The van der Waals surface area contributed by atoms with Crippen molar-refractivity contribution < 1.29 is 13.6 Å². The van der Waals surface area contributed by atoms with Gasteiger partial charge >= 0.3 is 0 Å². The van der Waals surface area contributed by atoms with Gasteiger partial charge in [-0.15, -0.1) is 23.1 Å². The number of nitrogens with two attached hydrogens (primary N) is 1. The van der Waals surface area contributed by atoms with Crippen LogP contribution in [0.4, 0.5) is 8.78 Å². The Morgan fingerprint density at radius 1 is 1.67 bits per heavy atom. The lowest BCUT2D eigenvalue weighted by molar-refractivity contribution is 0.0993. The highest BCUT2D eigenvalue weighted by atomic mass is 32.2. The molecule has 1 rings (SSSR count). The van der Waals surface area contributed by atoms with E-state index in [0.29, 0.717) is 9.96 Å². The Bertz CT molecular complexity index is 374. The van der Waals surface area contributed by atoms with Crippen molar-refractivity contribution in [2.45, 2.75) is 10.6 Å². The summed E-state index contributed by atoms with van der Waals surface area (Å²) in [5, 5.41) is 0. The van der Waals surface area contributed by atoms with Gasteiger partial charge in [-0.2, -0.15) is 8.78 Å². The standard InChI is InChI=1S/C8H8F2N2OS2/c9-5(10)2-1-3-14-8-6(7(11)13)12-4-15-8/h2,4H,1,3H2,(H2,11,13). The Hall–Kier alpha value is -0.950. The van der Waals surface area contributed by atoms with Crippen LogP contribution in [-0.4, -0.2) is 16.6 Å². The zero-order valence-corrected chi connectivity index (χ0v) is 9.21. The highest BCUT2D eigenvalue weighted by Gasteiger charge is 2.11. The molecule has 15 heavy (non-hydrogen) atoms. The predicted molar refractivity (Wildman–Crippen MR) is 56.3 cm³/mol. The second kappa shape index (κ2) is 5.82. The van der Waals surface area contributed by atoms with Gasteiger partial charge in [0.1, 0.15) is 0 Å². The van der Waals surface area contributed by atoms with Crippen LogP contribution in [0.25, 0.3) is 0 Å². The summed E-state index contributed by atoms with van der Waals surface area (Å²) in [7, 11) is 0. The minimum atomic E-state index is -1.69. The van der Waals surface area contributed by atoms with Gasteiger partial charge in [0.25, 0.3) is 12.0 Å². The van der Waals surface area contributed by atoms with E-state index in [4.69, 9.17) is 5.73 Å². The molecule has 0 spiro atoms. The Morgan fingerprint density at radius 2 is 2.40 bits per heavy atom. The molecule has 0 aliphatic heterocycles. The number of thioether (sulfide) groups is 1. The van der Waals surface area contributed by atoms with Crippen molar-refractivity contribution in [2.24, 2.45) is 5.73 Å². The molecule has 0 aliphatic rings. The predicted octanol–water partition coefficient (Wildman–Crippen LogP) is 2.50.